The van der Waals surface area contributed by atoms with Crippen LogP contribution in [0.1, 0.15) is 10.4 Å². The van der Waals surface area contributed by atoms with Crippen molar-refractivity contribution < 1.29 is 9.53 Å². The number of carbonyl (C=O) groups is 1. The molecule has 2 N–H and O–H groups in total. The molecular weight excluding hydrogens is 170 g/mol. The fourth-order valence-electron chi connectivity index (χ4n) is 0.989. The van der Waals surface area contributed by atoms with Crippen LogP contribution in [0.4, 0.5) is 5.69 Å². The molecule has 5 nitrogen and oxygen atoms in total. The molecule has 0 heterocycles. The Morgan fingerprint density at radius 1 is 1.62 bits per heavy atom. The van der Waals surface area contributed by atoms with Crippen molar-refractivity contribution in [1.82, 2.24) is 0 Å². The Balaban J connectivity index is 3.38. The van der Waals surface area contributed by atoms with Gasteiger partial charge in [-0.15, -0.1) is 0 Å². The van der Waals surface area contributed by atoms with Gasteiger partial charge < -0.3 is 10.5 Å². The van der Waals surface area contributed by atoms with Crippen LogP contribution in [0.5, 0.6) is 5.75 Å². The number of nitrogens with zero attached hydrogens (tertiary/aromatic N) is 2. The Morgan fingerprint density at radius 2 is 2.31 bits per heavy atom. The molecule has 0 radical (unpaired) electrons. The molecule has 0 aliphatic rings. The number of primary amides is 1. The normalized spacial score (nSPS) is 8.92. The molecule has 5 heteroatoms. The Hall–Kier alpha value is -2.09. The average molecular weight is 178 g/mol. The van der Waals surface area contributed by atoms with Crippen LogP contribution in [0.15, 0.2) is 18.2 Å². The number of hydrogen-bond donors (Lipinski definition) is 1. The Kier molecular flexibility index (Phi) is 2.45. The lowest BCUT2D eigenvalue weighted by Gasteiger charge is -1.96. The SMILES string of the molecule is COc1cccc(C(N)=O)c1[N+]#N. The van der Waals surface area contributed by atoms with Crippen molar-refractivity contribution in [2.75, 3.05) is 7.11 Å². The zero-order valence-corrected chi connectivity index (χ0v) is 7.02. The maximum atomic E-state index is 10.8. The Bertz CT molecular complexity index is 381. The molecule has 0 aliphatic carbocycles. The van der Waals surface area contributed by atoms with Crippen LogP contribution in [0.2, 0.25) is 0 Å². The van der Waals surface area contributed by atoms with Crippen LogP contribution in [-0.2, 0) is 0 Å². The highest BCUT2D eigenvalue weighted by Crippen LogP contribution is 2.30. The molecule has 0 atom stereocenters. The first-order chi connectivity index (χ1) is 6.20. The highest BCUT2D eigenvalue weighted by molar-refractivity contribution is 6.00. The lowest BCUT2D eigenvalue weighted by Crippen LogP contribution is -2.11. The zero-order valence-electron chi connectivity index (χ0n) is 7.02. The van der Waals surface area contributed by atoms with Crippen molar-refractivity contribution in [3.05, 3.63) is 28.7 Å². The third-order valence-electron chi connectivity index (χ3n) is 1.58. The molecule has 0 fully saturated rings. The maximum absolute atomic E-state index is 10.8. The van der Waals surface area contributed by atoms with Crippen LogP contribution in [0.3, 0.4) is 0 Å². The number of carbonyl (C=O) groups excluding carboxylic acids is 1. The van der Waals surface area contributed by atoms with Gasteiger partial charge in [0.05, 0.1) is 7.11 Å². The van der Waals surface area contributed by atoms with E-state index in [1.807, 2.05) is 0 Å². The van der Waals surface area contributed by atoms with Crippen molar-refractivity contribution in [2.24, 2.45) is 5.73 Å². The van der Waals surface area contributed by atoms with Gasteiger partial charge in [-0.25, -0.2) is 0 Å². The fraction of sp³-hybridized carbons (Fsp3) is 0.125. The molecule has 0 bridgehead atoms. The van der Waals surface area contributed by atoms with E-state index in [1.54, 1.807) is 12.1 Å². The molecule has 1 amide bonds. The molecule has 0 aliphatic heterocycles. The van der Waals surface area contributed by atoms with E-state index in [1.165, 1.54) is 13.2 Å². The van der Waals surface area contributed by atoms with Crippen LogP contribution in [0, 0.1) is 5.39 Å². The van der Waals surface area contributed by atoms with E-state index >= 15 is 0 Å². The molecule has 13 heavy (non-hydrogen) atoms. The van der Waals surface area contributed by atoms with E-state index in [2.05, 4.69) is 4.98 Å². The van der Waals surface area contributed by atoms with Crippen molar-refractivity contribution >= 4 is 11.6 Å². The van der Waals surface area contributed by atoms with Gasteiger partial charge in [0.2, 0.25) is 11.1 Å². The second kappa shape index (κ2) is 3.54. The lowest BCUT2D eigenvalue weighted by molar-refractivity contribution is 0.100. The molecular formula is C8H8N3O2+. The number of methoxy groups -OCH3 is 1. The summed E-state index contributed by atoms with van der Waals surface area (Å²) in [6.45, 7) is 0. The van der Waals surface area contributed by atoms with Crippen molar-refractivity contribution in [3.8, 4) is 5.75 Å². The van der Waals surface area contributed by atoms with Crippen molar-refractivity contribution in [3.63, 3.8) is 0 Å². The highest BCUT2D eigenvalue weighted by atomic mass is 16.5. The molecule has 0 unspecified atom stereocenters. The topological polar surface area (TPSA) is 80.5 Å². The van der Waals surface area contributed by atoms with Gasteiger partial charge in [0, 0.05) is 0 Å². The van der Waals surface area contributed by atoms with E-state index in [0.717, 1.165) is 0 Å². The standard InChI is InChI=1S/C8H7N3O2/c1-13-6-4-2-3-5(8(9)12)7(6)11-10/h2-4H,1H3,(H-,9,12)/p+1. The van der Waals surface area contributed by atoms with E-state index < -0.39 is 5.91 Å². The van der Waals surface area contributed by atoms with Gasteiger partial charge in [-0.05, 0) is 12.1 Å². The van der Waals surface area contributed by atoms with Gasteiger partial charge in [-0.3, -0.25) is 4.79 Å². The maximum Gasteiger partial charge on any atom is 0.438 e. The van der Waals surface area contributed by atoms with E-state index in [4.69, 9.17) is 15.9 Å². The molecule has 0 aromatic heterocycles. The number of benzene rings is 1. The Labute approximate surface area is 74.7 Å². The fourth-order valence-corrected chi connectivity index (χ4v) is 0.989. The minimum atomic E-state index is -0.660. The summed E-state index contributed by atoms with van der Waals surface area (Å²) in [5, 5.41) is 8.62. The van der Waals surface area contributed by atoms with Gasteiger partial charge in [0.15, 0.2) is 4.98 Å². The van der Waals surface area contributed by atoms with E-state index in [-0.39, 0.29) is 11.3 Å². The van der Waals surface area contributed by atoms with Crippen LogP contribution < -0.4 is 10.5 Å². The second-order valence-electron chi connectivity index (χ2n) is 2.32. The minimum Gasteiger partial charge on any atom is -0.489 e. The van der Waals surface area contributed by atoms with Gasteiger partial charge in [0.25, 0.3) is 5.91 Å². The van der Waals surface area contributed by atoms with Gasteiger partial charge >= 0.3 is 5.69 Å². The molecule has 0 saturated heterocycles. The molecule has 1 aromatic carbocycles. The number of nitrogens with two attached hydrogens (primary N) is 1. The third kappa shape index (κ3) is 1.56. The van der Waals surface area contributed by atoms with Crippen molar-refractivity contribution in [2.45, 2.75) is 0 Å². The lowest BCUT2D eigenvalue weighted by atomic mass is 10.1. The Morgan fingerprint density at radius 3 is 2.77 bits per heavy atom. The van der Waals surface area contributed by atoms with Crippen LogP contribution in [-0.4, -0.2) is 13.0 Å². The third-order valence-corrected chi connectivity index (χ3v) is 1.58. The van der Waals surface area contributed by atoms with E-state index in [0.29, 0.717) is 5.75 Å². The first-order valence-corrected chi connectivity index (χ1v) is 3.52. The molecule has 0 spiro atoms. The summed E-state index contributed by atoms with van der Waals surface area (Å²) in [7, 11) is 1.41. The smallest absolute Gasteiger partial charge is 0.438 e. The number of diazo groups is 1. The summed E-state index contributed by atoms with van der Waals surface area (Å²) in [6, 6.07) is 4.62. The largest absolute Gasteiger partial charge is 0.489 e. The van der Waals surface area contributed by atoms with Crippen LogP contribution >= 0.6 is 0 Å². The summed E-state index contributed by atoms with van der Waals surface area (Å²) in [4.78, 5) is 13.8. The molecule has 1 rings (SSSR count). The molecule has 0 saturated carbocycles. The average Bonchev–Trinajstić information content (AvgIpc) is 2.16. The minimum absolute atomic E-state index is 0.0532. The van der Waals surface area contributed by atoms with Crippen LogP contribution in [0.25, 0.3) is 4.98 Å². The molecule has 66 valence electrons. The highest BCUT2D eigenvalue weighted by Gasteiger charge is 2.23. The predicted octanol–water partition coefficient (Wildman–Crippen LogP) is 1.28. The first-order valence-electron chi connectivity index (χ1n) is 3.52. The first kappa shape index (κ1) is 9.00. The predicted molar refractivity (Wildman–Crippen MR) is 46.3 cm³/mol. The number of rotatable bonds is 2. The summed E-state index contributed by atoms with van der Waals surface area (Å²) in [5.41, 5.74) is 5.23. The van der Waals surface area contributed by atoms with Gasteiger partial charge in [0.1, 0.15) is 5.56 Å². The number of ether oxygens (including phenoxy) is 1. The second-order valence-corrected chi connectivity index (χ2v) is 2.32. The summed E-state index contributed by atoms with van der Waals surface area (Å²) >= 11 is 0. The van der Waals surface area contributed by atoms with Crippen molar-refractivity contribution in [1.29, 1.82) is 5.39 Å². The summed E-state index contributed by atoms with van der Waals surface area (Å²) in [5.74, 6) is -0.356. The summed E-state index contributed by atoms with van der Waals surface area (Å²) < 4.78 is 4.87. The number of amides is 1. The van der Waals surface area contributed by atoms with Gasteiger partial charge in [-0.2, -0.15) is 0 Å². The quantitative estimate of drug-likeness (QED) is 0.692. The number of hydrogen-bond acceptors (Lipinski definition) is 3. The summed E-state index contributed by atoms with van der Waals surface area (Å²) in [6.07, 6.45) is 0. The zero-order chi connectivity index (χ0) is 9.84. The van der Waals surface area contributed by atoms with E-state index in [9.17, 15) is 4.79 Å². The molecule has 1 aromatic rings. The monoisotopic (exact) mass is 178 g/mol. The van der Waals surface area contributed by atoms with Gasteiger partial charge in [-0.1, -0.05) is 6.07 Å².